The van der Waals surface area contributed by atoms with Crippen LogP contribution in [0, 0.1) is 6.92 Å². The van der Waals surface area contributed by atoms with Crippen molar-refractivity contribution in [3.63, 3.8) is 0 Å². The zero-order chi connectivity index (χ0) is 15.4. The molecule has 2 heterocycles. The second-order valence-corrected chi connectivity index (χ2v) is 4.82. The molecule has 7 heteroatoms. The number of anilines is 1. The van der Waals surface area contributed by atoms with Crippen LogP contribution in [0.3, 0.4) is 0 Å². The van der Waals surface area contributed by atoms with Crippen molar-refractivity contribution < 1.29 is 19.4 Å². The average molecular weight is 293 g/mol. The van der Waals surface area contributed by atoms with Gasteiger partial charge in [-0.05, 0) is 19.9 Å². The van der Waals surface area contributed by atoms with E-state index in [-0.39, 0.29) is 11.7 Å². The third-order valence-corrected chi connectivity index (χ3v) is 3.40. The summed E-state index contributed by atoms with van der Waals surface area (Å²) in [5.41, 5.74) is 1.60. The Morgan fingerprint density at radius 3 is 2.57 bits per heavy atom. The van der Waals surface area contributed by atoms with E-state index >= 15 is 0 Å². The first kappa shape index (κ1) is 15.1. The standard InChI is InChI=1S/C14H19N3O4/c1-3-21-14(20)17-6-4-16(5-7-17)12-8-10(2)15-9-11(12)13(18)19/h8-9H,3-7H2,1-2H3,(H,18,19). The lowest BCUT2D eigenvalue weighted by Crippen LogP contribution is -2.49. The minimum absolute atomic E-state index is 0.185. The number of aromatic carboxylic acids is 1. The summed E-state index contributed by atoms with van der Waals surface area (Å²) < 4.78 is 4.97. The smallest absolute Gasteiger partial charge is 0.409 e. The van der Waals surface area contributed by atoms with E-state index in [0.717, 1.165) is 5.69 Å². The number of amides is 1. The fraction of sp³-hybridized carbons (Fsp3) is 0.500. The normalized spacial score (nSPS) is 15.0. The minimum atomic E-state index is -0.995. The number of pyridine rings is 1. The van der Waals surface area contributed by atoms with Gasteiger partial charge in [0.25, 0.3) is 0 Å². The summed E-state index contributed by atoms with van der Waals surface area (Å²) in [5, 5.41) is 9.25. The maximum atomic E-state index is 11.7. The molecule has 21 heavy (non-hydrogen) atoms. The van der Waals surface area contributed by atoms with E-state index in [1.165, 1.54) is 6.20 Å². The van der Waals surface area contributed by atoms with Crippen molar-refractivity contribution in [2.75, 3.05) is 37.7 Å². The molecule has 1 amide bonds. The molecule has 2 rings (SSSR count). The molecule has 1 saturated heterocycles. The molecule has 0 aliphatic carbocycles. The van der Waals surface area contributed by atoms with Gasteiger partial charge < -0.3 is 19.6 Å². The van der Waals surface area contributed by atoms with Gasteiger partial charge in [0.2, 0.25) is 0 Å². The zero-order valence-electron chi connectivity index (χ0n) is 12.2. The van der Waals surface area contributed by atoms with E-state index in [2.05, 4.69) is 4.98 Å². The van der Waals surface area contributed by atoms with Gasteiger partial charge in [0.05, 0.1) is 12.3 Å². The van der Waals surface area contributed by atoms with Crippen LogP contribution in [0.2, 0.25) is 0 Å². The van der Waals surface area contributed by atoms with Crippen molar-refractivity contribution in [3.05, 3.63) is 23.5 Å². The lowest BCUT2D eigenvalue weighted by atomic mass is 10.1. The quantitative estimate of drug-likeness (QED) is 0.906. The van der Waals surface area contributed by atoms with E-state index in [1.54, 1.807) is 17.9 Å². The van der Waals surface area contributed by atoms with Crippen molar-refractivity contribution >= 4 is 17.7 Å². The molecule has 0 bridgehead atoms. The summed E-state index contributed by atoms with van der Waals surface area (Å²) in [6, 6.07) is 1.77. The summed E-state index contributed by atoms with van der Waals surface area (Å²) in [7, 11) is 0. The fourth-order valence-electron chi connectivity index (χ4n) is 2.32. The number of carboxylic acids is 1. The molecule has 1 aromatic rings. The molecule has 0 atom stereocenters. The highest BCUT2D eigenvalue weighted by atomic mass is 16.6. The number of aromatic nitrogens is 1. The van der Waals surface area contributed by atoms with Crippen molar-refractivity contribution in [2.24, 2.45) is 0 Å². The van der Waals surface area contributed by atoms with Gasteiger partial charge in [-0.25, -0.2) is 9.59 Å². The predicted octanol–water partition coefficient (Wildman–Crippen LogP) is 1.37. The number of carboxylic acid groups (broad SMARTS) is 1. The summed E-state index contributed by atoms with van der Waals surface area (Å²) in [6.45, 7) is 6.12. The molecule has 0 radical (unpaired) electrons. The van der Waals surface area contributed by atoms with Crippen LogP contribution in [0.4, 0.5) is 10.5 Å². The molecule has 1 aromatic heterocycles. The van der Waals surface area contributed by atoms with Crippen LogP contribution >= 0.6 is 0 Å². The average Bonchev–Trinajstić information content (AvgIpc) is 2.47. The Bertz CT molecular complexity index is 539. The van der Waals surface area contributed by atoms with Gasteiger partial charge in [-0.3, -0.25) is 4.98 Å². The van der Waals surface area contributed by atoms with Crippen molar-refractivity contribution in [1.29, 1.82) is 0 Å². The molecule has 0 spiro atoms. The molecule has 1 fully saturated rings. The SMILES string of the molecule is CCOC(=O)N1CCN(c2cc(C)ncc2C(=O)O)CC1. The van der Waals surface area contributed by atoms with Gasteiger partial charge in [-0.2, -0.15) is 0 Å². The van der Waals surface area contributed by atoms with Gasteiger partial charge in [0.15, 0.2) is 0 Å². The number of rotatable bonds is 3. The Morgan fingerprint density at radius 1 is 1.33 bits per heavy atom. The van der Waals surface area contributed by atoms with Crippen molar-refractivity contribution in [3.8, 4) is 0 Å². The monoisotopic (exact) mass is 293 g/mol. The van der Waals surface area contributed by atoms with E-state index in [4.69, 9.17) is 4.74 Å². The highest BCUT2D eigenvalue weighted by Gasteiger charge is 2.24. The minimum Gasteiger partial charge on any atom is -0.478 e. The summed E-state index contributed by atoms with van der Waals surface area (Å²) >= 11 is 0. The Morgan fingerprint density at radius 2 is 2.00 bits per heavy atom. The second kappa shape index (κ2) is 6.43. The Hall–Kier alpha value is -2.31. The number of hydrogen-bond donors (Lipinski definition) is 1. The van der Waals surface area contributed by atoms with Gasteiger partial charge in [0.1, 0.15) is 5.56 Å². The molecule has 0 aromatic carbocycles. The van der Waals surface area contributed by atoms with E-state index < -0.39 is 5.97 Å². The number of aryl methyl sites for hydroxylation is 1. The van der Waals surface area contributed by atoms with Gasteiger partial charge >= 0.3 is 12.1 Å². The maximum Gasteiger partial charge on any atom is 0.409 e. The number of piperazine rings is 1. The number of nitrogens with zero attached hydrogens (tertiary/aromatic N) is 3. The highest BCUT2D eigenvalue weighted by Crippen LogP contribution is 2.22. The zero-order valence-corrected chi connectivity index (χ0v) is 12.2. The first-order valence-electron chi connectivity index (χ1n) is 6.89. The van der Waals surface area contributed by atoms with E-state index in [0.29, 0.717) is 38.5 Å². The number of carbonyl (C=O) groups is 2. The van der Waals surface area contributed by atoms with Crippen LogP contribution in [-0.4, -0.2) is 59.8 Å². The lowest BCUT2D eigenvalue weighted by molar-refractivity contribution is 0.0696. The fourth-order valence-corrected chi connectivity index (χ4v) is 2.32. The van der Waals surface area contributed by atoms with E-state index in [1.807, 2.05) is 11.8 Å². The topological polar surface area (TPSA) is 83.0 Å². The first-order valence-corrected chi connectivity index (χ1v) is 6.89. The number of hydrogen-bond acceptors (Lipinski definition) is 5. The summed E-state index contributed by atoms with van der Waals surface area (Å²) in [4.78, 5) is 30.6. The van der Waals surface area contributed by atoms with Crippen LogP contribution in [0.25, 0.3) is 0 Å². The van der Waals surface area contributed by atoms with Crippen LogP contribution in [-0.2, 0) is 4.74 Å². The molecule has 0 unspecified atom stereocenters. The molecule has 114 valence electrons. The summed E-state index contributed by atoms with van der Waals surface area (Å²) in [6.07, 6.45) is 1.06. The summed E-state index contributed by atoms with van der Waals surface area (Å²) in [5.74, 6) is -0.995. The third kappa shape index (κ3) is 3.42. The molecule has 7 nitrogen and oxygen atoms in total. The Kier molecular flexibility index (Phi) is 4.62. The predicted molar refractivity (Wildman–Crippen MR) is 76.7 cm³/mol. The molecule has 1 aliphatic rings. The lowest BCUT2D eigenvalue weighted by Gasteiger charge is -2.36. The van der Waals surface area contributed by atoms with E-state index in [9.17, 15) is 14.7 Å². The second-order valence-electron chi connectivity index (χ2n) is 4.82. The highest BCUT2D eigenvalue weighted by molar-refractivity contribution is 5.94. The Balaban J connectivity index is 2.10. The van der Waals surface area contributed by atoms with Crippen molar-refractivity contribution in [1.82, 2.24) is 9.88 Å². The number of carbonyl (C=O) groups excluding carboxylic acids is 1. The molecular weight excluding hydrogens is 274 g/mol. The molecule has 1 aliphatic heterocycles. The number of ether oxygens (including phenoxy) is 1. The largest absolute Gasteiger partial charge is 0.478 e. The van der Waals surface area contributed by atoms with Crippen LogP contribution in [0.15, 0.2) is 12.3 Å². The van der Waals surface area contributed by atoms with Gasteiger partial charge in [-0.15, -0.1) is 0 Å². The maximum absolute atomic E-state index is 11.7. The Labute approximate surface area is 123 Å². The van der Waals surface area contributed by atoms with Crippen LogP contribution in [0.5, 0.6) is 0 Å². The van der Waals surface area contributed by atoms with Gasteiger partial charge in [-0.1, -0.05) is 0 Å². The molecular formula is C14H19N3O4. The van der Waals surface area contributed by atoms with Crippen LogP contribution < -0.4 is 4.90 Å². The first-order chi connectivity index (χ1) is 10.0. The van der Waals surface area contributed by atoms with Crippen molar-refractivity contribution in [2.45, 2.75) is 13.8 Å². The molecule has 0 saturated carbocycles. The van der Waals surface area contributed by atoms with Gasteiger partial charge in [0, 0.05) is 38.1 Å². The molecule has 1 N–H and O–H groups in total. The third-order valence-electron chi connectivity index (χ3n) is 3.40. The van der Waals surface area contributed by atoms with Crippen LogP contribution in [0.1, 0.15) is 23.0 Å².